The minimum atomic E-state index is -0.313. The standard InChI is InChI=1S/C22H20N2O4/c1-14-4-5-19-17(11-14)18(25)12-20(28-19)22(27)24-9-6-15(7-10-24)21(26)16-3-2-8-23-13-16/h2-5,8,11-13,15H,6-7,9-10H2,1H3. The maximum Gasteiger partial charge on any atom is 0.289 e. The molecule has 142 valence electrons. The summed E-state index contributed by atoms with van der Waals surface area (Å²) in [4.78, 5) is 43.4. The fourth-order valence-corrected chi connectivity index (χ4v) is 3.62. The number of amides is 1. The number of aryl methyl sites for hydroxylation is 1. The van der Waals surface area contributed by atoms with Gasteiger partial charge in [0, 0.05) is 43.0 Å². The van der Waals surface area contributed by atoms with Gasteiger partial charge in [0.2, 0.25) is 0 Å². The molecule has 3 aromatic rings. The van der Waals surface area contributed by atoms with Crippen LogP contribution in [0.1, 0.15) is 39.3 Å². The molecule has 0 spiro atoms. The van der Waals surface area contributed by atoms with Crippen molar-refractivity contribution in [3.8, 4) is 0 Å². The Morgan fingerprint density at radius 1 is 1.14 bits per heavy atom. The topological polar surface area (TPSA) is 80.5 Å². The fraction of sp³-hybridized carbons (Fsp3) is 0.273. The summed E-state index contributed by atoms with van der Waals surface area (Å²) < 4.78 is 5.69. The third-order valence-electron chi connectivity index (χ3n) is 5.19. The first-order valence-corrected chi connectivity index (χ1v) is 9.31. The van der Waals surface area contributed by atoms with Crippen molar-refractivity contribution in [3.05, 3.63) is 75.9 Å². The van der Waals surface area contributed by atoms with Crippen molar-refractivity contribution in [1.29, 1.82) is 0 Å². The maximum atomic E-state index is 12.8. The number of rotatable bonds is 3. The van der Waals surface area contributed by atoms with Gasteiger partial charge in [-0.25, -0.2) is 0 Å². The van der Waals surface area contributed by atoms with Crippen molar-refractivity contribution in [2.75, 3.05) is 13.1 Å². The number of carbonyl (C=O) groups excluding carboxylic acids is 2. The molecular formula is C22H20N2O4. The minimum Gasteiger partial charge on any atom is -0.451 e. The summed E-state index contributed by atoms with van der Waals surface area (Å²) in [6.45, 7) is 2.80. The van der Waals surface area contributed by atoms with Crippen LogP contribution in [0.3, 0.4) is 0 Å². The number of piperidine rings is 1. The van der Waals surface area contributed by atoms with Crippen molar-refractivity contribution in [2.45, 2.75) is 19.8 Å². The Bertz CT molecular complexity index is 1100. The van der Waals surface area contributed by atoms with Crippen LogP contribution in [0.15, 0.2) is 58.0 Å². The average molecular weight is 376 g/mol. The van der Waals surface area contributed by atoms with Crippen LogP contribution in [0, 0.1) is 12.8 Å². The van der Waals surface area contributed by atoms with E-state index < -0.39 is 0 Å². The Morgan fingerprint density at radius 2 is 1.93 bits per heavy atom. The van der Waals surface area contributed by atoms with Gasteiger partial charge in [-0.1, -0.05) is 11.6 Å². The first-order chi connectivity index (χ1) is 13.5. The molecule has 1 amide bonds. The molecule has 6 nitrogen and oxygen atoms in total. The maximum absolute atomic E-state index is 12.8. The van der Waals surface area contributed by atoms with Gasteiger partial charge >= 0.3 is 0 Å². The number of hydrogen-bond donors (Lipinski definition) is 0. The van der Waals surface area contributed by atoms with Gasteiger partial charge in [-0.15, -0.1) is 0 Å². The van der Waals surface area contributed by atoms with E-state index in [2.05, 4.69) is 4.98 Å². The van der Waals surface area contributed by atoms with Gasteiger partial charge in [0.1, 0.15) is 5.58 Å². The number of ketones is 1. The summed E-state index contributed by atoms with van der Waals surface area (Å²) >= 11 is 0. The number of nitrogens with zero attached hydrogens (tertiary/aromatic N) is 2. The third-order valence-corrected chi connectivity index (χ3v) is 5.19. The summed E-state index contributed by atoms with van der Waals surface area (Å²) in [5.41, 5.74) is 1.74. The highest BCUT2D eigenvalue weighted by molar-refractivity contribution is 5.98. The van der Waals surface area contributed by atoms with Crippen LogP contribution < -0.4 is 5.43 Å². The largest absolute Gasteiger partial charge is 0.451 e. The van der Waals surface area contributed by atoms with E-state index in [1.165, 1.54) is 6.07 Å². The molecule has 4 rings (SSSR count). The highest BCUT2D eigenvalue weighted by Gasteiger charge is 2.29. The first-order valence-electron chi connectivity index (χ1n) is 9.31. The average Bonchev–Trinajstić information content (AvgIpc) is 2.74. The molecule has 0 atom stereocenters. The summed E-state index contributed by atoms with van der Waals surface area (Å²) in [6.07, 6.45) is 4.37. The summed E-state index contributed by atoms with van der Waals surface area (Å²) in [7, 11) is 0. The Balaban J connectivity index is 1.48. The zero-order valence-corrected chi connectivity index (χ0v) is 15.6. The molecule has 28 heavy (non-hydrogen) atoms. The lowest BCUT2D eigenvalue weighted by Crippen LogP contribution is -2.40. The molecule has 0 N–H and O–H groups in total. The summed E-state index contributed by atoms with van der Waals surface area (Å²) in [6, 6.07) is 10.1. The molecule has 0 saturated carbocycles. The number of hydrogen-bond acceptors (Lipinski definition) is 5. The van der Waals surface area contributed by atoms with E-state index >= 15 is 0 Å². The molecule has 2 aromatic heterocycles. The molecule has 3 heterocycles. The summed E-state index contributed by atoms with van der Waals surface area (Å²) in [5.74, 6) is -0.335. The number of aromatic nitrogens is 1. The monoisotopic (exact) mass is 376 g/mol. The molecule has 0 radical (unpaired) electrons. The number of carbonyl (C=O) groups is 2. The smallest absolute Gasteiger partial charge is 0.289 e. The van der Waals surface area contributed by atoms with Crippen LogP contribution in [0.25, 0.3) is 11.0 Å². The quantitative estimate of drug-likeness (QED) is 0.656. The first kappa shape index (κ1) is 18.1. The molecule has 6 heteroatoms. The van der Waals surface area contributed by atoms with Gasteiger partial charge < -0.3 is 9.32 Å². The van der Waals surface area contributed by atoms with Gasteiger partial charge in [0.05, 0.1) is 5.39 Å². The molecule has 0 aliphatic carbocycles. The van der Waals surface area contributed by atoms with E-state index in [0.717, 1.165) is 5.56 Å². The summed E-state index contributed by atoms with van der Waals surface area (Å²) in [5, 5.41) is 0.470. The Kier molecular flexibility index (Phi) is 4.77. The number of likely N-dealkylation sites (tertiary alicyclic amines) is 1. The van der Waals surface area contributed by atoms with Crippen molar-refractivity contribution in [1.82, 2.24) is 9.88 Å². The molecule has 0 bridgehead atoms. The Morgan fingerprint density at radius 3 is 2.64 bits per heavy atom. The van der Waals surface area contributed by atoms with Crippen LogP contribution in [0.2, 0.25) is 0 Å². The molecule has 1 aliphatic rings. The van der Waals surface area contributed by atoms with Crippen LogP contribution in [-0.4, -0.2) is 34.7 Å². The van der Waals surface area contributed by atoms with Crippen LogP contribution >= 0.6 is 0 Å². The van der Waals surface area contributed by atoms with E-state index in [-0.39, 0.29) is 28.8 Å². The van der Waals surface area contributed by atoms with Gasteiger partial charge in [-0.2, -0.15) is 0 Å². The number of pyridine rings is 1. The third kappa shape index (κ3) is 3.45. The van der Waals surface area contributed by atoms with E-state index in [0.29, 0.717) is 42.5 Å². The molecular weight excluding hydrogens is 356 g/mol. The second-order valence-electron chi connectivity index (χ2n) is 7.15. The van der Waals surface area contributed by atoms with Crippen molar-refractivity contribution in [3.63, 3.8) is 0 Å². The van der Waals surface area contributed by atoms with Gasteiger partial charge in [-0.3, -0.25) is 19.4 Å². The zero-order chi connectivity index (χ0) is 19.7. The zero-order valence-electron chi connectivity index (χ0n) is 15.6. The highest BCUT2D eigenvalue weighted by Crippen LogP contribution is 2.23. The van der Waals surface area contributed by atoms with E-state index in [1.807, 2.05) is 13.0 Å². The van der Waals surface area contributed by atoms with Gasteiger partial charge in [0.15, 0.2) is 17.0 Å². The number of fused-ring (bicyclic) bond motifs is 1. The van der Waals surface area contributed by atoms with Crippen LogP contribution in [-0.2, 0) is 0 Å². The van der Waals surface area contributed by atoms with Crippen molar-refractivity contribution >= 4 is 22.7 Å². The van der Waals surface area contributed by atoms with Crippen LogP contribution in [0.5, 0.6) is 0 Å². The molecule has 0 unspecified atom stereocenters. The van der Waals surface area contributed by atoms with Gasteiger partial charge in [0.25, 0.3) is 5.91 Å². The van der Waals surface area contributed by atoms with E-state index in [4.69, 9.17) is 4.42 Å². The van der Waals surface area contributed by atoms with Crippen LogP contribution in [0.4, 0.5) is 0 Å². The molecule has 1 aliphatic heterocycles. The highest BCUT2D eigenvalue weighted by atomic mass is 16.3. The van der Waals surface area contributed by atoms with E-state index in [1.54, 1.807) is 41.6 Å². The lowest BCUT2D eigenvalue weighted by Gasteiger charge is -2.30. The lowest BCUT2D eigenvalue weighted by molar-refractivity contribution is 0.0625. The second kappa shape index (κ2) is 7.38. The molecule has 1 fully saturated rings. The van der Waals surface area contributed by atoms with E-state index in [9.17, 15) is 14.4 Å². The van der Waals surface area contributed by atoms with Crippen molar-refractivity contribution < 1.29 is 14.0 Å². The normalized spacial score (nSPS) is 15.0. The lowest BCUT2D eigenvalue weighted by atomic mass is 9.89. The minimum absolute atomic E-state index is 0.0402. The second-order valence-corrected chi connectivity index (χ2v) is 7.15. The fourth-order valence-electron chi connectivity index (χ4n) is 3.62. The van der Waals surface area contributed by atoms with Crippen molar-refractivity contribution in [2.24, 2.45) is 5.92 Å². The number of Topliss-reactive ketones (excluding diaryl/α,β-unsaturated/α-hetero) is 1. The SMILES string of the molecule is Cc1ccc2oc(C(=O)N3CCC(C(=O)c4cccnc4)CC3)cc(=O)c2c1. The predicted octanol–water partition coefficient (Wildman–Crippen LogP) is 3.23. The predicted molar refractivity (Wildman–Crippen MR) is 104 cm³/mol. The Hall–Kier alpha value is -3.28. The number of benzene rings is 1. The Labute approximate surface area is 161 Å². The molecule has 1 aromatic carbocycles. The van der Waals surface area contributed by atoms with Gasteiger partial charge in [-0.05, 0) is 44.0 Å². The molecule has 1 saturated heterocycles.